The van der Waals surface area contributed by atoms with Crippen molar-refractivity contribution in [2.75, 3.05) is 0 Å². The Balaban J connectivity index is 2.04. The second-order valence-corrected chi connectivity index (χ2v) is 5.90. The van der Waals surface area contributed by atoms with Crippen LogP contribution in [0.3, 0.4) is 0 Å². The number of nitrogens with zero attached hydrogens (tertiary/aromatic N) is 1. The summed E-state index contributed by atoms with van der Waals surface area (Å²) in [6.07, 6.45) is 1.93. The minimum absolute atomic E-state index is 0.324. The third-order valence-corrected chi connectivity index (χ3v) is 4.18. The van der Waals surface area contributed by atoms with Crippen molar-refractivity contribution in [3.63, 3.8) is 0 Å². The number of hydrogen-bond donors (Lipinski definition) is 1. The van der Waals surface area contributed by atoms with E-state index in [-0.39, 0.29) is 0 Å². The molecule has 90 valence electrons. The van der Waals surface area contributed by atoms with E-state index in [0.717, 1.165) is 4.47 Å². The van der Waals surface area contributed by atoms with Gasteiger partial charge >= 0.3 is 0 Å². The molecular weight excluding hydrogens is 296 g/mol. The van der Waals surface area contributed by atoms with Crippen LogP contribution in [0, 0.1) is 0 Å². The average molecular weight is 311 g/mol. The fraction of sp³-hybridized carbons (Fsp3) is 0.308. The van der Waals surface area contributed by atoms with Gasteiger partial charge in [0.25, 0.3) is 0 Å². The first kappa shape index (κ1) is 12.7. The smallest absolute Gasteiger partial charge is 0.0794 e. The summed E-state index contributed by atoms with van der Waals surface area (Å²) in [6, 6.07) is 9.05. The Hall–Kier alpha value is -0.710. The Bertz CT molecular complexity index is 470. The highest BCUT2D eigenvalue weighted by atomic mass is 79.9. The van der Waals surface area contributed by atoms with E-state index in [4.69, 9.17) is 0 Å². The van der Waals surface area contributed by atoms with Gasteiger partial charge in [-0.2, -0.15) is 0 Å². The SMILES string of the molecule is CC(N[C@H](C)c1cccc(Br)c1)c1cncs1. The lowest BCUT2D eigenvalue weighted by Crippen LogP contribution is -2.21. The minimum atomic E-state index is 0.324. The molecular formula is C13H15BrN2S. The third kappa shape index (κ3) is 3.37. The van der Waals surface area contributed by atoms with Gasteiger partial charge in [-0.15, -0.1) is 11.3 Å². The molecule has 0 spiro atoms. The van der Waals surface area contributed by atoms with Gasteiger partial charge in [0.15, 0.2) is 0 Å². The summed E-state index contributed by atoms with van der Waals surface area (Å²) < 4.78 is 1.12. The van der Waals surface area contributed by atoms with Gasteiger partial charge in [-0.3, -0.25) is 4.98 Å². The number of thiazole rings is 1. The van der Waals surface area contributed by atoms with E-state index < -0.39 is 0 Å². The van der Waals surface area contributed by atoms with Crippen molar-refractivity contribution in [1.29, 1.82) is 0 Å². The maximum atomic E-state index is 4.11. The van der Waals surface area contributed by atoms with Crippen LogP contribution in [-0.4, -0.2) is 4.98 Å². The maximum absolute atomic E-state index is 4.11. The van der Waals surface area contributed by atoms with E-state index in [1.165, 1.54) is 10.4 Å². The molecule has 2 rings (SSSR count). The second-order valence-electron chi connectivity index (χ2n) is 4.07. The zero-order valence-electron chi connectivity index (χ0n) is 9.85. The Labute approximate surface area is 114 Å². The minimum Gasteiger partial charge on any atom is -0.303 e. The van der Waals surface area contributed by atoms with Gasteiger partial charge in [-0.25, -0.2) is 0 Å². The van der Waals surface area contributed by atoms with Crippen molar-refractivity contribution in [1.82, 2.24) is 10.3 Å². The van der Waals surface area contributed by atoms with Crippen LogP contribution < -0.4 is 5.32 Å². The normalized spacial score (nSPS) is 14.5. The Morgan fingerprint density at radius 3 is 2.76 bits per heavy atom. The molecule has 2 aromatic rings. The highest BCUT2D eigenvalue weighted by Gasteiger charge is 2.12. The van der Waals surface area contributed by atoms with E-state index in [9.17, 15) is 0 Å². The molecule has 0 saturated carbocycles. The summed E-state index contributed by atoms with van der Waals surface area (Å²) in [5.74, 6) is 0. The van der Waals surface area contributed by atoms with Crippen LogP contribution in [0.2, 0.25) is 0 Å². The van der Waals surface area contributed by atoms with Crippen LogP contribution in [-0.2, 0) is 0 Å². The maximum Gasteiger partial charge on any atom is 0.0794 e. The number of hydrogen-bond acceptors (Lipinski definition) is 3. The summed E-state index contributed by atoms with van der Waals surface area (Å²) in [4.78, 5) is 5.38. The van der Waals surface area contributed by atoms with Crippen molar-refractivity contribution in [3.05, 3.63) is 50.9 Å². The topological polar surface area (TPSA) is 24.9 Å². The molecule has 0 amide bonds. The first-order valence-corrected chi connectivity index (χ1v) is 7.24. The Morgan fingerprint density at radius 2 is 2.12 bits per heavy atom. The van der Waals surface area contributed by atoms with Gasteiger partial charge in [-0.1, -0.05) is 28.1 Å². The number of nitrogens with one attached hydrogen (secondary N) is 1. The summed E-state index contributed by atoms with van der Waals surface area (Å²) in [5, 5.41) is 3.58. The standard InChI is InChI=1S/C13H15BrN2S/c1-9(11-4-3-5-12(14)6-11)16-10(2)13-7-15-8-17-13/h3-10,16H,1-2H3/t9-,10?/m1/s1. The average Bonchev–Trinajstić information content (AvgIpc) is 2.82. The number of halogens is 1. The van der Waals surface area contributed by atoms with Gasteiger partial charge in [0.1, 0.15) is 0 Å². The Morgan fingerprint density at radius 1 is 1.29 bits per heavy atom. The molecule has 0 aliphatic heterocycles. The zero-order chi connectivity index (χ0) is 12.3. The van der Waals surface area contributed by atoms with Crippen molar-refractivity contribution < 1.29 is 0 Å². The highest BCUT2D eigenvalue weighted by molar-refractivity contribution is 9.10. The predicted octanol–water partition coefficient (Wildman–Crippen LogP) is 4.32. The lowest BCUT2D eigenvalue weighted by Gasteiger charge is -2.19. The van der Waals surface area contributed by atoms with Crippen LogP contribution in [0.25, 0.3) is 0 Å². The zero-order valence-corrected chi connectivity index (χ0v) is 12.3. The molecule has 0 aliphatic carbocycles. The van der Waals surface area contributed by atoms with Crippen LogP contribution in [0.15, 0.2) is 40.4 Å². The first-order chi connectivity index (χ1) is 8.16. The van der Waals surface area contributed by atoms with E-state index in [2.05, 4.69) is 58.3 Å². The molecule has 1 heterocycles. The van der Waals surface area contributed by atoms with Crippen molar-refractivity contribution in [2.45, 2.75) is 25.9 Å². The largest absolute Gasteiger partial charge is 0.303 e. The molecule has 1 unspecified atom stereocenters. The monoisotopic (exact) mass is 310 g/mol. The molecule has 2 nitrogen and oxygen atoms in total. The lowest BCUT2D eigenvalue weighted by atomic mass is 10.1. The summed E-state index contributed by atoms with van der Waals surface area (Å²) >= 11 is 5.19. The predicted molar refractivity (Wildman–Crippen MR) is 76.2 cm³/mol. The third-order valence-electron chi connectivity index (χ3n) is 2.73. The van der Waals surface area contributed by atoms with Crippen molar-refractivity contribution in [2.24, 2.45) is 0 Å². The van der Waals surface area contributed by atoms with E-state index >= 15 is 0 Å². The molecule has 4 heteroatoms. The molecule has 1 aromatic carbocycles. The molecule has 17 heavy (non-hydrogen) atoms. The Kier molecular flexibility index (Phi) is 4.31. The second kappa shape index (κ2) is 5.76. The fourth-order valence-electron chi connectivity index (χ4n) is 1.77. The molecule has 0 aliphatic rings. The molecule has 0 fully saturated rings. The highest BCUT2D eigenvalue weighted by Crippen LogP contribution is 2.23. The van der Waals surface area contributed by atoms with Gasteiger partial charge in [0.2, 0.25) is 0 Å². The van der Waals surface area contributed by atoms with Crippen LogP contribution in [0.5, 0.6) is 0 Å². The summed E-state index contributed by atoms with van der Waals surface area (Å²) in [7, 11) is 0. The van der Waals surface area contributed by atoms with Gasteiger partial charge in [0, 0.05) is 27.6 Å². The van der Waals surface area contributed by atoms with Crippen molar-refractivity contribution in [3.8, 4) is 0 Å². The van der Waals surface area contributed by atoms with E-state index in [1.807, 2.05) is 17.8 Å². The van der Waals surface area contributed by atoms with Crippen LogP contribution in [0.4, 0.5) is 0 Å². The van der Waals surface area contributed by atoms with Crippen LogP contribution in [0.1, 0.15) is 36.4 Å². The fourth-order valence-corrected chi connectivity index (χ4v) is 2.82. The molecule has 0 saturated heterocycles. The molecule has 0 radical (unpaired) electrons. The lowest BCUT2D eigenvalue weighted by molar-refractivity contribution is 0.499. The quantitative estimate of drug-likeness (QED) is 0.909. The summed E-state index contributed by atoms with van der Waals surface area (Å²) in [6.45, 7) is 4.35. The summed E-state index contributed by atoms with van der Waals surface area (Å²) in [5.41, 5.74) is 3.16. The van der Waals surface area contributed by atoms with Gasteiger partial charge in [-0.05, 0) is 31.5 Å². The van der Waals surface area contributed by atoms with Crippen molar-refractivity contribution >= 4 is 27.3 Å². The number of benzene rings is 1. The molecule has 1 N–H and O–H groups in total. The molecule has 1 aromatic heterocycles. The van der Waals surface area contributed by atoms with Crippen LogP contribution >= 0.6 is 27.3 Å². The van der Waals surface area contributed by atoms with Gasteiger partial charge < -0.3 is 5.32 Å². The van der Waals surface area contributed by atoms with E-state index in [0.29, 0.717) is 12.1 Å². The van der Waals surface area contributed by atoms with Gasteiger partial charge in [0.05, 0.1) is 5.51 Å². The number of aromatic nitrogens is 1. The van der Waals surface area contributed by atoms with E-state index in [1.54, 1.807) is 11.3 Å². The number of rotatable bonds is 4. The first-order valence-electron chi connectivity index (χ1n) is 5.56. The molecule has 0 bridgehead atoms. The molecule has 2 atom stereocenters.